The Morgan fingerprint density at radius 1 is 1.48 bits per heavy atom. The number of rotatable bonds is 5. The molecular formula is C15H23BrClN3O. The van der Waals surface area contributed by atoms with Crippen molar-refractivity contribution in [2.45, 2.75) is 18.9 Å². The third kappa shape index (κ3) is 5.25. The maximum absolute atomic E-state index is 11.8. The quantitative estimate of drug-likeness (QED) is 0.829. The van der Waals surface area contributed by atoms with Crippen LogP contribution in [-0.4, -0.2) is 37.5 Å². The minimum Gasteiger partial charge on any atom is -0.368 e. The molecule has 0 radical (unpaired) electrons. The molecule has 1 unspecified atom stereocenters. The third-order valence-corrected chi connectivity index (χ3v) is 4.37. The minimum atomic E-state index is -0.359. The van der Waals surface area contributed by atoms with Gasteiger partial charge in [0.2, 0.25) is 5.91 Å². The van der Waals surface area contributed by atoms with E-state index in [9.17, 15) is 4.79 Å². The molecule has 0 aliphatic carbocycles. The zero-order valence-electron chi connectivity index (χ0n) is 12.2. The van der Waals surface area contributed by atoms with Crippen molar-refractivity contribution in [3.05, 3.63) is 34.3 Å². The fraction of sp³-hybridized carbons (Fsp3) is 0.533. The van der Waals surface area contributed by atoms with Gasteiger partial charge in [0.1, 0.15) is 6.04 Å². The summed E-state index contributed by atoms with van der Waals surface area (Å²) in [4.78, 5) is 13.9. The van der Waals surface area contributed by atoms with E-state index in [0.29, 0.717) is 5.92 Å². The van der Waals surface area contributed by atoms with Crippen LogP contribution in [0.1, 0.15) is 24.4 Å². The number of carbonyl (C=O) groups is 1. The first-order valence-electron chi connectivity index (χ1n) is 7.03. The summed E-state index contributed by atoms with van der Waals surface area (Å²) in [5.41, 5.74) is 6.56. The van der Waals surface area contributed by atoms with Crippen molar-refractivity contribution in [2.24, 2.45) is 11.7 Å². The molecule has 1 aromatic rings. The van der Waals surface area contributed by atoms with E-state index in [2.05, 4.69) is 26.1 Å². The molecule has 0 aromatic heterocycles. The van der Waals surface area contributed by atoms with Crippen LogP contribution in [0.15, 0.2) is 28.7 Å². The Morgan fingerprint density at radius 2 is 2.14 bits per heavy atom. The predicted molar refractivity (Wildman–Crippen MR) is 91.5 cm³/mol. The average molecular weight is 377 g/mol. The predicted octanol–water partition coefficient (Wildman–Crippen LogP) is 2.33. The summed E-state index contributed by atoms with van der Waals surface area (Å²) in [5, 5.41) is 3.36. The Balaban J connectivity index is 0.00000220. The molecular weight excluding hydrogens is 354 g/mol. The van der Waals surface area contributed by atoms with Gasteiger partial charge in [0.15, 0.2) is 0 Å². The number of nitrogens with zero attached hydrogens (tertiary/aromatic N) is 1. The van der Waals surface area contributed by atoms with Crippen molar-refractivity contribution in [1.29, 1.82) is 0 Å². The smallest absolute Gasteiger partial charge is 0.239 e. The molecule has 1 aromatic carbocycles. The highest BCUT2D eigenvalue weighted by Crippen LogP contribution is 2.24. The van der Waals surface area contributed by atoms with Crippen LogP contribution in [0.4, 0.5) is 0 Å². The normalized spacial score (nSPS) is 17.3. The lowest BCUT2D eigenvalue weighted by molar-refractivity contribution is -0.123. The van der Waals surface area contributed by atoms with E-state index in [0.717, 1.165) is 42.5 Å². The number of halogens is 2. The van der Waals surface area contributed by atoms with Gasteiger partial charge in [-0.25, -0.2) is 0 Å². The standard InChI is InChI=1S/C15H22BrN3O.ClH/c1-19(10-11-5-7-18-8-6-11)14(15(17)20)12-3-2-4-13(16)9-12;/h2-4,9,11,14,18H,5-8,10H2,1H3,(H2,17,20);1H. The van der Waals surface area contributed by atoms with Crippen LogP contribution in [-0.2, 0) is 4.79 Å². The summed E-state index contributed by atoms with van der Waals surface area (Å²) in [7, 11) is 1.98. The largest absolute Gasteiger partial charge is 0.368 e. The highest BCUT2D eigenvalue weighted by atomic mass is 79.9. The number of nitrogens with one attached hydrogen (secondary N) is 1. The van der Waals surface area contributed by atoms with Crippen molar-refractivity contribution in [2.75, 3.05) is 26.7 Å². The van der Waals surface area contributed by atoms with Gasteiger partial charge in [0, 0.05) is 11.0 Å². The van der Waals surface area contributed by atoms with E-state index >= 15 is 0 Å². The van der Waals surface area contributed by atoms with E-state index in [1.807, 2.05) is 31.3 Å². The minimum absolute atomic E-state index is 0. The Morgan fingerprint density at radius 3 is 2.71 bits per heavy atom. The first-order valence-corrected chi connectivity index (χ1v) is 7.83. The number of amides is 1. The number of nitrogens with two attached hydrogens (primary N) is 1. The SMILES string of the molecule is CN(CC1CCNCC1)C(C(N)=O)c1cccc(Br)c1.Cl. The monoisotopic (exact) mass is 375 g/mol. The van der Waals surface area contributed by atoms with Gasteiger partial charge >= 0.3 is 0 Å². The zero-order valence-corrected chi connectivity index (χ0v) is 14.6. The first kappa shape index (κ1) is 18.4. The van der Waals surface area contributed by atoms with E-state index in [-0.39, 0.29) is 24.4 Å². The summed E-state index contributed by atoms with van der Waals surface area (Å²) < 4.78 is 0.969. The van der Waals surface area contributed by atoms with Crippen LogP contribution < -0.4 is 11.1 Å². The maximum Gasteiger partial charge on any atom is 0.239 e. The Bertz CT molecular complexity index is 466. The van der Waals surface area contributed by atoms with Crippen molar-refractivity contribution < 1.29 is 4.79 Å². The topological polar surface area (TPSA) is 58.4 Å². The molecule has 1 aliphatic heterocycles. The molecule has 6 heteroatoms. The van der Waals surface area contributed by atoms with Crippen LogP contribution in [0.25, 0.3) is 0 Å². The molecule has 4 nitrogen and oxygen atoms in total. The molecule has 0 saturated carbocycles. The van der Waals surface area contributed by atoms with Crippen LogP contribution >= 0.6 is 28.3 Å². The summed E-state index contributed by atoms with van der Waals surface area (Å²) in [6.45, 7) is 3.04. The summed E-state index contributed by atoms with van der Waals surface area (Å²) >= 11 is 3.45. The molecule has 1 heterocycles. The highest BCUT2D eigenvalue weighted by Gasteiger charge is 2.25. The van der Waals surface area contributed by atoms with Gasteiger partial charge in [-0.3, -0.25) is 9.69 Å². The highest BCUT2D eigenvalue weighted by molar-refractivity contribution is 9.10. The summed E-state index contributed by atoms with van der Waals surface area (Å²) in [5.74, 6) is 0.342. The van der Waals surface area contributed by atoms with Crippen LogP contribution in [0.3, 0.4) is 0 Å². The molecule has 1 atom stereocenters. The number of benzene rings is 1. The van der Waals surface area contributed by atoms with Gasteiger partial charge in [0.05, 0.1) is 0 Å². The molecule has 1 fully saturated rings. The molecule has 2 rings (SSSR count). The van der Waals surface area contributed by atoms with Crippen molar-refractivity contribution in [1.82, 2.24) is 10.2 Å². The molecule has 21 heavy (non-hydrogen) atoms. The summed E-state index contributed by atoms with van der Waals surface area (Å²) in [6, 6.07) is 7.46. The third-order valence-electron chi connectivity index (χ3n) is 3.88. The van der Waals surface area contributed by atoms with Gasteiger partial charge in [-0.15, -0.1) is 12.4 Å². The average Bonchev–Trinajstić information content (AvgIpc) is 2.39. The molecule has 0 spiro atoms. The lowest BCUT2D eigenvalue weighted by atomic mass is 9.96. The van der Waals surface area contributed by atoms with Gasteiger partial charge in [0.25, 0.3) is 0 Å². The zero-order chi connectivity index (χ0) is 14.5. The second-order valence-corrected chi connectivity index (χ2v) is 6.41. The lowest BCUT2D eigenvalue weighted by Crippen LogP contribution is -2.40. The van der Waals surface area contributed by atoms with E-state index < -0.39 is 0 Å². The fourth-order valence-corrected chi connectivity index (χ4v) is 3.31. The molecule has 1 aliphatic rings. The second-order valence-electron chi connectivity index (χ2n) is 5.49. The van der Waals surface area contributed by atoms with Gasteiger partial charge < -0.3 is 11.1 Å². The van der Waals surface area contributed by atoms with Crippen molar-refractivity contribution >= 4 is 34.2 Å². The molecule has 1 amide bonds. The first-order chi connectivity index (χ1) is 9.58. The Kier molecular flexibility index (Phi) is 7.66. The second kappa shape index (κ2) is 8.73. The molecule has 3 N–H and O–H groups in total. The Labute approximate surface area is 141 Å². The number of primary amides is 1. The molecule has 0 bridgehead atoms. The molecule has 1 saturated heterocycles. The molecule has 118 valence electrons. The van der Waals surface area contributed by atoms with Gasteiger partial charge in [-0.1, -0.05) is 28.1 Å². The lowest BCUT2D eigenvalue weighted by Gasteiger charge is -2.31. The number of hydrogen-bond donors (Lipinski definition) is 2. The van der Waals surface area contributed by atoms with Gasteiger partial charge in [-0.05, 0) is 56.6 Å². The van der Waals surface area contributed by atoms with Crippen LogP contribution in [0, 0.1) is 5.92 Å². The van der Waals surface area contributed by atoms with E-state index in [1.54, 1.807) is 0 Å². The fourth-order valence-electron chi connectivity index (χ4n) is 2.89. The van der Waals surface area contributed by atoms with Crippen LogP contribution in [0.5, 0.6) is 0 Å². The van der Waals surface area contributed by atoms with Crippen molar-refractivity contribution in [3.63, 3.8) is 0 Å². The van der Waals surface area contributed by atoms with Gasteiger partial charge in [-0.2, -0.15) is 0 Å². The van der Waals surface area contributed by atoms with E-state index in [1.165, 1.54) is 0 Å². The summed E-state index contributed by atoms with van der Waals surface area (Å²) in [6.07, 6.45) is 2.32. The number of piperidine rings is 1. The van der Waals surface area contributed by atoms with Crippen LogP contribution in [0.2, 0.25) is 0 Å². The number of carbonyl (C=O) groups excluding carboxylic acids is 1. The van der Waals surface area contributed by atoms with E-state index in [4.69, 9.17) is 5.73 Å². The maximum atomic E-state index is 11.8. The number of likely N-dealkylation sites (N-methyl/N-ethyl adjacent to an activating group) is 1. The Hall–Kier alpha value is -0.620. The number of hydrogen-bond acceptors (Lipinski definition) is 3. The van der Waals surface area contributed by atoms with Crippen molar-refractivity contribution in [3.8, 4) is 0 Å².